The van der Waals surface area contributed by atoms with Gasteiger partial charge in [-0.2, -0.15) is 0 Å². The number of aryl methyl sites for hydroxylation is 2. The minimum Gasteiger partial charge on any atom is -0.494 e. The molecule has 1 aromatic heterocycles. The van der Waals surface area contributed by atoms with Gasteiger partial charge in [0.1, 0.15) is 23.9 Å². The zero-order valence-corrected chi connectivity index (χ0v) is 18.0. The van der Waals surface area contributed by atoms with Gasteiger partial charge in [-0.15, -0.1) is 0 Å². The quantitative estimate of drug-likeness (QED) is 0.501. The second-order valence-corrected chi connectivity index (χ2v) is 7.63. The van der Waals surface area contributed by atoms with Crippen LogP contribution in [0.5, 0.6) is 11.5 Å². The molecule has 8 nitrogen and oxygen atoms in total. The van der Waals surface area contributed by atoms with Gasteiger partial charge in [0.25, 0.3) is 0 Å². The fraction of sp³-hybridized carbons (Fsp3) is 0.292. The van der Waals surface area contributed by atoms with E-state index in [2.05, 4.69) is 15.6 Å². The Hall–Kier alpha value is -3.81. The Bertz CT molecular complexity index is 1090. The van der Waals surface area contributed by atoms with E-state index in [0.29, 0.717) is 44.6 Å². The van der Waals surface area contributed by atoms with Crippen molar-refractivity contribution in [2.45, 2.75) is 32.3 Å². The molecule has 1 aliphatic heterocycles. The lowest BCUT2D eigenvalue weighted by molar-refractivity contribution is -0.117. The number of carbonyl (C=O) groups is 2. The maximum atomic E-state index is 12.2. The first-order valence-corrected chi connectivity index (χ1v) is 10.6. The second kappa shape index (κ2) is 10.00. The molecule has 0 spiro atoms. The third-order valence-electron chi connectivity index (χ3n) is 5.22. The second-order valence-electron chi connectivity index (χ2n) is 7.63. The predicted octanol–water partition coefficient (Wildman–Crippen LogP) is 3.68. The summed E-state index contributed by atoms with van der Waals surface area (Å²) in [6, 6.07) is 12.9. The van der Waals surface area contributed by atoms with Gasteiger partial charge >= 0.3 is 0 Å². The van der Waals surface area contributed by atoms with Crippen molar-refractivity contribution in [2.75, 3.05) is 17.2 Å². The fourth-order valence-electron chi connectivity index (χ4n) is 3.41. The van der Waals surface area contributed by atoms with Crippen molar-refractivity contribution in [2.24, 2.45) is 7.05 Å². The van der Waals surface area contributed by atoms with Crippen molar-refractivity contribution in [3.63, 3.8) is 0 Å². The fourth-order valence-corrected chi connectivity index (χ4v) is 3.41. The average molecular weight is 434 g/mol. The molecule has 32 heavy (non-hydrogen) atoms. The smallest absolute Gasteiger partial charge is 0.224 e. The lowest BCUT2D eigenvalue weighted by Crippen LogP contribution is -2.18. The van der Waals surface area contributed by atoms with Crippen LogP contribution in [0.4, 0.5) is 11.4 Å². The molecule has 166 valence electrons. The Kier molecular flexibility index (Phi) is 6.69. The molecule has 0 bridgehead atoms. The van der Waals surface area contributed by atoms with Crippen LogP contribution in [-0.4, -0.2) is 28.0 Å². The highest BCUT2D eigenvalue weighted by atomic mass is 16.5. The molecule has 1 aliphatic rings. The summed E-state index contributed by atoms with van der Waals surface area (Å²) >= 11 is 0. The van der Waals surface area contributed by atoms with Crippen LogP contribution in [0, 0.1) is 0 Å². The van der Waals surface area contributed by atoms with E-state index in [9.17, 15) is 9.59 Å². The number of rotatable bonds is 9. The number of hydrogen-bond donors (Lipinski definition) is 2. The maximum Gasteiger partial charge on any atom is 0.224 e. The lowest BCUT2D eigenvalue weighted by atomic mass is 10.0. The van der Waals surface area contributed by atoms with E-state index in [0.717, 1.165) is 28.5 Å². The van der Waals surface area contributed by atoms with Crippen LogP contribution >= 0.6 is 0 Å². The molecule has 8 heteroatoms. The molecule has 0 unspecified atom stereocenters. The summed E-state index contributed by atoms with van der Waals surface area (Å²) in [6.07, 6.45) is 5.77. The van der Waals surface area contributed by atoms with E-state index in [1.54, 1.807) is 6.20 Å². The van der Waals surface area contributed by atoms with Crippen LogP contribution in [0.2, 0.25) is 0 Å². The topological polar surface area (TPSA) is 94.5 Å². The number of anilines is 2. The van der Waals surface area contributed by atoms with E-state index in [4.69, 9.17) is 9.47 Å². The Morgan fingerprint density at radius 1 is 1.12 bits per heavy atom. The van der Waals surface area contributed by atoms with E-state index in [1.165, 1.54) is 0 Å². The number of hydrogen-bond acceptors (Lipinski definition) is 5. The SMILES string of the molecule is Cn1ccnc1COc1ccc(NC(=O)CCCOc2ccc3c(c2)CCC(=O)N3)cc1. The van der Waals surface area contributed by atoms with Gasteiger partial charge in [-0.3, -0.25) is 9.59 Å². The summed E-state index contributed by atoms with van der Waals surface area (Å²) in [6.45, 7) is 0.826. The van der Waals surface area contributed by atoms with Crippen molar-refractivity contribution < 1.29 is 19.1 Å². The Morgan fingerprint density at radius 3 is 2.72 bits per heavy atom. The molecule has 2 amide bonds. The highest BCUT2D eigenvalue weighted by molar-refractivity contribution is 5.94. The lowest BCUT2D eigenvalue weighted by Gasteiger charge is -2.17. The van der Waals surface area contributed by atoms with Crippen LogP contribution < -0.4 is 20.1 Å². The number of nitrogens with zero attached hydrogens (tertiary/aromatic N) is 2. The molecular weight excluding hydrogens is 408 g/mol. The molecule has 0 fully saturated rings. The molecule has 4 rings (SSSR count). The first kappa shape index (κ1) is 21.4. The Morgan fingerprint density at radius 2 is 1.94 bits per heavy atom. The summed E-state index contributed by atoms with van der Waals surface area (Å²) in [4.78, 5) is 27.8. The monoisotopic (exact) mass is 434 g/mol. The Balaban J connectivity index is 1.17. The normalized spacial score (nSPS) is 12.6. The number of carbonyl (C=O) groups excluding carboxylic acids is 2. The summed E-state index contributed by atoms with van der Waals surface area (Å²) in [5.41, 5.74) is 2.64. The molecular formula is C24H26N4O4. The zero-order valence-electron chi connectivity index (χ0n) is 18.0. The van der Waals surface area contributed by atoms with Crippen LogP contribution in [0.25, 0.3) is 0 Å². The number of aromatic nitrogens is 2. The number of imidazole rings is 1. The molecule has 0 radical (unpaired) electrons. The average Bonchev–Trinajstić information content (AvgIpc) is 3.21. The summed E-state index contributed by atoms with van der Waals surface area (Å²) in [5, 5.41) is 5.74. The molecule has 2 heterocycles. The van der Waals surface area contributed by atoms with Gasteiger partial charge in [0.2, 0.25) is 11.8 Å². The van der Waals surface area contributed by atoms with Crippen molar-refractivity contribution in [3.8, 4) is 11.5 Å². The zero-order chi connectivity index (χ0) is 22.3. The van der Waals surface area contributed by atoms with Gasteiger partial charge < -0.3 is 24.7 Å². The molecule has 3 aromatic rings. The van der Waals surface area contributed by atoms with Crippen LogP contribution in [0.1, 0.15) is 30.7 Å². The molecule has 0 aliphatic carbocycles. The summed E-state index contributed by atoms with van der Waals surface area (Å²) in [7, 11) is 1.92. The number of amides is 2. The first-order valence-electron chi connectivity index (χ1n) is 10.6. The number of benzene rings is 2. The van der Waals surface area contributed by atoms with Gasteiger partial charge in [-0.25, -0.2) is 4.98 Å². The molecule has 2 aromatic carbocycles. The van der Waals surface area contributed by atoms with E-state index in [-0.39, 0.29) is 11.8 Å². The van der Waals surface area contributed by atoms with Crippen LogP contribution in [0.15, 0.2) is 54.9 Å². The molecule has 0 atom stereocenters. The van der Waals surface area contributed by atoms with Crippen molar-refractivity contribution in [3.05, 3.63) is 66.2 Å². The van der Waals surface area contributed by atoms with Gasteiger partial charge in [0.05, 0.1) is 6.61 Å². The molecule has 2 N–H and O–H groups in total. The first-order chi connectivity index (χ1) is 15.6. The van der Waals surface area contributed by atoms with Crippen molar-refractivity contribution in [1.82, 2.24) is 9.55 Å². The summed E-state index contributed by atoms with van der Waals surface area (Å²) < 4.78 is 13.4. The number of fused-ring (bicyclic) bond motifs is 1. The van der Waals surface area contributed by atoms with Crippen molar-refractivity contribution >= 4 is 23.2 Å². The molecule has 0 saturated heterocycles. The Labute approximate surface area is 186 Å². The predicted molar refractivity (Wildman–Crippen MR) is 121 cm³/mol. The minimum absolute atomic E-state index is 0.0451. The summed E-state index contributed by atoms with van der Waals surface area (Å²) in [5.74, 6) is 2.28. The standard InChI is InChI=1S/C24H26N4O4/c1-28-13-12-25-22(28)16-32-19-7-5-18(6-8-19)26-23(29)3-2-14-31-20-9-10-21-17(15-20)4-11-24(30)27-21/h5-10,12-13,15H,2-4,11,14,16H2,1H3,(H,26,29)(H,27,30). The number of nitrogens with one attached hydrogen (secondary N) is 2. The third-order valence-corrected chi connectivity index (χ3v) is 5.22. The molecule has 0 saturated carbocycles. The highest BCUT2D eigenvalue weighted by Crippen LogP contribution is 2.27. The van der Waals surface area contributed by atoms with Gasteiger partial charge in [-0.1, -0.05) is 0 Å². The van der Waals surface area contributed by atoms with Crippen molar-refractivity contribution in [1.29, 1.82) is 0 Å². The number of ether oxygens (including phenoxy) is 2. The maximum absolute atomic E-state index is 12.2. The van der Waals surface area contributed by atoms with Gasteiger partial charge in [-0.05, 0) is 60.9 Å². The van der Waals surface area contributed by atoms with Gasteiger partial charge in [0, 0.05) is 43.7 Å². The third kappa shape index (κ3) is 5.66. The highest BCUT2D eigenvalue weighted by Gasteiger charge is 2.15. The van der Waals surface area contributed by atoms with Crippen LogP contribution in [0.3, 0.4) is 0 Å². The van der Waals surface area contributed by atoms with E-state index >= 15 is 0 Å². The largest absolute Gasteiger partial charge is 0.494 e. The van der Waals surface area contributed by atoms with E-state index in [1.807, 2.05) is 60.3 Å². The minimum atomic E-state index is -0.0663. The van der Waals surface area contributed by atoms with E-state index < -0.39 is 0 Å². The van der Waals surface area contributed by atoms with Crippen LogP contribution in [-0.2, 0) is 29.7 Å². The van der Waals surface area contributed by atoms with Gasteiger partial charge in [0.15, 0.2) is 0 Å².